The second kappa shape index (κ2) is 12.1. The minimum Gasteiger partial charge on any atom is -0.376 e. The summed E-state index contributed by atoms with van der Waals surface area (Å²) in [6, 6.07) is 7.45. The Labute approximate surface area is 172 Å². The second-order valence-corrected chi connectivity index (χ2v) is 7.86. The van der Waals surface area contributed by atoms with E-state index < -0.39 is 0 Å². The van der Waals surface area contributed by atoms with E-state index in [9.17, 15) is 9.59 Å². The molecule has 0 aromatic heterocycles. The fourth-order valence-corrected chi connectivity index (χ4v) is 3.95. The Hall–Kier alpha value is -1.61. The summed E-state index contributed by atoms with van der Waals surface area (Å²) in [7, 11) is 0. The molecule has 0 bridgehead atoms. The maximum absolute atomic E-state index is 12.4. The van der Waals surface area contributed by atoms with E-state index in [0.717, 1.165) is 50.6 Å². The van der Waals surface area contributed by atoms with Crippen molar-refractivity contribution >= 4 is 29.3 Å². The molecule has 3 N–H and O–H groups in total. The normalized spacial score (nSPS) is 17.2. The number of anilines is 1. The molecule has 1 aromatic rings. The highest BCUT2D eigenvalue weighted by Crippen LogP contribution is 2.26. The standard InChI is InChI=1S/C20H32N4O3S/c1-3-23(4-2)11-12-27-16-9-10-24(13-16)14-20(26)22-17-7-5-6-8-18(17)28-15-19(21)25/h5-8,16H,3-4,9-15H2,1-2H3,(H2,21,25)(H,22,26). The van der Waals surface area contributed by atoms with Crippen LogP contribution >= 0.6 is 11.8 Å². The lowest BCUT2D eigenvalue weighted by Gasteiger charge is -2.20. The van der Waals surface area contributed by atoms with Crippen molar-refractivity contribution in [1.29, 1.82) is 0 Å². The molecule has 1 saturated heterocycles. The molecule has 7 nitrogen and oxygen atoms in total. The first-order valence-corrected chi connectivity index (χ1v) is 10.9. The average molecular weight is 409 g/mol. The molecule has 28 heavy (non-hydrogen) atoms. The topological polar surface area (TPSA) is 87.9 Å². The summed E-state index contributed by atoms with van der Waals surface area (Å²) >= 11 is 1.33. The van der Waals surface area contributed by atoms with E-state index in [1.54, 1.807) is 0 Å². The van der Waals surface area contributed by atoms with Crippen molar-refractivity contribution < 1.29 is 14.3 Å². The number of para-hydroxylation sites is 1. The zero-order valence-corrected chi connectivity index (χ0v) is 17.7. The summed E-state index contributed by atoms with van der Waals surface area (Å²) in [6.07, 6.45) is 1.15. The van der Waals surface area contributed by atoms with Gasteiger partial charge in [-0.1, -0.05) is 26.0 Å². The van der Waals surface area contributed by atoms with Crippen LogP contribution in [0.25, 0.3) is 0 Å². The lowest BCUT2D eigenvalue weighted by molar-refractivity contribution is -0.117. The minimum atomic E-state index is -0.379. The number of likely N-dealkylation sites (N-methyl/N-ethyl adjacent to an activating group) is 1. The molecule has 0 aliphatic carbocycles. The van der Waals surface area contributed by atoms with E-state index in [0.29, 0.717) is 12.2 Å². The molecule has 1 heterocycles. The number of primary amides is 1. The lowest BCUT2D eigenvalue weighted by Crippen LogP contribution is -2.33. The predicted octanol–water partition coefficient (Wildman–Crippen LogP) is 1.64. The first-order chi connectivity index (χ1) is 13.5. The summed E-state index contributed by atoms with van der Waals surface area (Å²) in [5.74, 6) is -0.253. The zero-order valence-electron chi connectivity index (χ0n) is 16.9. The quantitative estimate of drug-likeness (QED) is 0.511. The highest BCUT2D eigenvalue weighted by Gasteiger charge is 2.24. The number of hydrogen-bond donors (Lipinski definition) is 2. The number of nitrogens with two attached hydrogens (primary N) is 1. The Bertz CT molecular complexity index is 640. The van der Waals surface area contributed by atoms with Crippen LogP contribution in [-0.4, -0.2) is 79.3 Å². The third-order valence-corrected chi connectivity index (χ3v) is 5.88. The van der Waals surface area contributed by atoms with Crippen molar-refractivity contribution in [3.63, 3.8) is 0 Å². The maximum atomic E-state index is 12.4. The third kappa shape index (κ3) is 7.79. The summed E-state index contributed by atoms with van der Waals surface area (Å²) in [6.45, 7) is 10.1. The monoisotopic (exact) mass is 408 g/mol. The highest BCUT2D eigenvalue weighted by atomic mass is 32.2. The van der Waals surface area contributed by atoms with Crippen LogP contribution in [0.4, 0.5) is 5.69 Å². The molecule has 0 spiro atoms. The first-order valence-electron chi connectivity index (χ1n) is 9.88. The average Bonchev–Trinajstić information content (AvgIpc) is 3.11. The Morgan fingerprint density at radius 2 is 2.07 bits per heavy atom. The van der Waals surface area contributed by atoms with Gasteiger partial charge in [0, 0.05) is 24.5 Å². The number of thioether (sulfide) groups is 1. The van der Waals surface area contributed by atoms with Crippen LogP contribution in [0.5, 0.6) is 0 Å². The van der Waals surface area contributed by atoms with Crippen molar-refractivity contribution in [1.82, 2.24) is 9.80 Å². The van der Waals surface area contributed by atoms with E-state index in [1.807, 2.05) is 24.3 Å². The van der Waals surface area contributed by atoms with E-state index >= 15 is 0 Å². The van der Waals surface area contributed by atoms with Gasteiger partial charge in [-0.05, 0) is 31.6 Å². The Kier molecular flexibility index (Phi) is 9.77. The van der Waals surface area contributed by atoms with Crippen molar-refractivity contribution in [3.05, 3.63) is 24.3 Å². The van der Waals surface area contributed by atoms with Crippen molar-refractivity contribution in [2.75, 3.05) is 56.9 Å². The van der Waals surface area contributed by atoms with E-state index in [2.05, 4.69) is 29.0 Å². The van der Waals surface area contributed by atoms with Gasteiger partial charge >= 0.3 is 0 Å². The second-order valence-electron chi connectivity index (χ2n) is 6.84. The van der Waals surface area contributed by atoms with Crippen molar-refractivity contribution in [3.8, 4) is 0 Å². The van der Waals surface area contributed by atoms with Gasteiger partial charge in [0.2, 0.25) is 11.8 Å². The molecule has 1 aliphatic rings. The molecule has 1 atom stereocenters. The van der Waals surface area contributed by atoms with Crippen LogP contribution in [-0.2, 0) is 14.3 Å². The molecule has 2 rings (SSSR count). The number of hydrogen-bond acceptors (Lipinski definition) is 6. The lowest BCUT2D eigenvalue weighted by atomic mass is 10.3. The molecular weight excluding hydrogens is 376 g/mol. The maximum Gasteiger partial charge on any atom is 0.238 e. The van der Waals surface area contributed by atoms with Gasteiger partial charge in [0.1, 0.15) is 0 Å². The van der Waals surface area contributed by atoms with Crippen LogP contribution in [0.1, 0.15) is 20.3 Å². The molecule has 1 unspecified atom stereocenters. The molecular formula is C20H32N4O3S. The Morgan fingerprint density at radius 1 is 1.32 bits per heavy atom. The summed E-state index contributed by atoms with van der Waals surface area (Å²) in [4.78, 5) is 28.8. The Balaban J connectivity index is 1.75. The Morgan fingerprint density at radius 3 is 2.79 bits per heavy atom. The fraction of sp³-hybridized carbons (Fsp3) is 0.600. The number of amides is 2. The van der Waals surface area contributed by atoms with Gasteiger partial charge in [0.15, 0.2) is 0 Å². The summed E-state index contributed by atoms with van der Waals surface area (Å²) in [5, 5.41) is 2.95. The van der Waals surface area contributed by atoms with Crippen molar-refractivity contribution in [2.45, 2.75) is 31.3 Å². The number of ether oxygens (including phenoxy) is 1. The van der Waals surface area contributed by atoms with Gasteiger partial charge < -0.3 is 20.7 Å². The molecule has 1 aliphatic heterocycles. The van der Waals surface area contributed by atoms with Crippen LogP contribution < -0.4 is 11.1 Å². The van der Waals surface area contributed by atoms with Crippen LogP contribution in [0.15, 0.2) is 29.2 Å². The van der Waals surface area contributed by atoms with Crippen LogP contribution in [0.3, 0.4) is 0 Å². The van der Waals surface area contributed by atoms with Gasteiger partial charge in [0.05, 0.1) is 30.7 Å². The number of likely N-dealkylation sites (tertiary alicyclic amines) is 1. The van der Waals surface area contributed by atoms with Gasteiger partial charge in [0.25, 0.3) is 0 Å². The fourth-order valence-electron chi connectivity index (χ4n) is 3.20. The number of rotatable bonds is 12. The largest absolute Gasteiger partial charge is 0.376 e. The smallest absolute Gasteiger partial charge is 0.238 e. The molecule has 0 radical (unpaired) electrons. The van der Waals surface area contributed by atoms with E-state index in [4.69, 9.17) is 10.5 Å². The van der Waals surface area contributed by atoms with Crippen LogP contribution in [0, 0.1) is 0 Å². The van der Waals surface area contributed by atoms with E-state index in [-0.39, 0.29) is 23.7 Å². The van der Waals surface area contributed by atoms with Gasteiger partial charge in [-0.2, -0.15) is 0 Å². The van der Waals surface area contributed by atoms with Crippen LogP contribution in [0.2, 0.25) is 0 Å². The summed E-state index contributed by atoms with van der Waals surface area (Å²) < 4.78 is 5.98. The molecule has 1 fully saturated rings. The number of nitrogens with one attached hydrogen (secondary N) is 1. The third-order valence-electron chi connectivity index (χ3n) is 4.78. The SMILES string of the molecule is CCN(CC)CCOC1CCN(CC(=O)Nc2ccccc2SCC(N)=O)C1. The molecule has 156 valence electrons. The summed E-state index contributed by atoms with van der Waals surface area (Å²) in [5.41, 5.74) is 5.93. The van der Waals surface area contributed by atoms with Gasteiger partial charge in [-0.15, -0.1) is 11.8 Å². The van der Waals surface area contributed by atoms with E-state index in [1.165, 1.54) is 11.8 Å². The minimum absolute atomic E-state index is 0.0593. The van der Waals surface area contributed by atoms with Crippen molar-refractivity contribution in [2.24, 2.45) is 5.73 Å². The molecule has 2 amide bonds. The molecule has 1 aromatic carbocycles. The molecule has 8 heteroatoms. The first kappa shape index (κ1) is 22.7. The van der Waals surface area contributed by atoms with Gasteiger partial charge in [-0.25, -0.2) is 0 Å². The number of carbonyl (C=O) groups is 2. The predicted molar refractivity (Wildman–Crippen MR) is 114 cm³/mol. The zero-order chi connectivity index (χ0) is 20.4. The number of benzene rings is 1. The highest BCUT2D eigenvalue weighted by molar-refractivity contribution is 8.00. The van der Waals surface area contributed by atoms with Gasteiger partial charge in [-0.3, -0.25) is 14.5 Å². The molecule has 0 saturated carbocycles. The number of carbonyl (C=O) groups excluding carboxylic acids is 2. The number of nitrogens with zero attached hydrogens (tertiary/aromatic N) is 2.